The Balaban J connectivity index is 2.36. The molecular formula is C16H21BrN2O2. The molecule has 1 aromatic rings. The molecule has 1 N–H and O–H groups in total. The lowest BCUT2D eigenvalue weighted by Crippen LogP contribution is -2.69. The standard InChI is InChI=1S/C16H21BrN2O2/c1-4-16(5-2)15(21)18-11(3)14(20)19(16)10-12-6-8-13(17)9-7-12/h6-9,11H,4-5,10H2,1-3H3,(H,18,21). The van der Waals surface area contributed by atoms with Gasteiger partial charge in [0.15, 0.2) is 0 Å². The summed E-state index contributed by atoms with van der Waals surface area (Å²) in [6, 6.07) is 7.40. The van der Waals surface area contributed by atoms with Gasteiger partial charge in [-0.1, -0.05) is 41.9 Å². The van der Waals surface area contributed by atoms with E-state index in [9.17, 15) is 9.59 Å². The molecule has 0 aliphatic carbocycles. The molecule has 5 heteroatoms. The second kappa shape index (κ2) is 6.18. The van der Waals surface area contributed by atoms with E-state index < -0.39 is 11.6 Å². The fraction of sp³-hybridized carbons (Fsp3) is 0.500. The summed E-state index contributed by atoms with van der Waals surface area (Å²) in [6.07, 6.45) is 1.23. The largest absolute Gasteiger partial charge is 0.343 e. The summed E-state index contributed by atoms with van der Waals surface area (Å²) in [7, 11) is 0. The molecule has 0 aromatic heterocycles. The summed E-state index contributed by atoms with van der Waals surface area (Å²) in [5.41, 5.74) is 0.288. The van der Waals surface area contributed by atoms with Crippen molar-refractivity contribution in [1.82, 2.24) is 10.2 Å². The van der Waals surface area contributed by atoms with Crippen LogP contribution in [0.15, 0.2) is 28.7 Å². The number of hydrogen-bond donors (Lipinski definition) is 1. The van der Waals surface area contributed by atoms with Gasteiger partial charge in [-0.25, -0.2) is 0 Å². The van der Waals surface area contributed by atoms with E-state index in [1.807, 2.05) is 38.1 Å². The maximum absolute atomic E-state index is 12.6. The number of carbonyl (C=O) groups excluding carboxylic acids is 2. The van der Waals surface area contributed by atoms with Gasteiger partial charge in [0.25, 0.3) is 0 Å². The third-order valence-electron chi connectivity index (χ3n) is 4.35. The number of piperazine rings is 1. The normalized spacial score (nSPS) is 21.3. The fourth-order valence-electron chi connectivity index (χ4n) is 2.91. The van der Waals surface area contributed by atoms with Gasteiger partial charge >= 0.3 is 0 Å². The maximum Gasteiger partial charge on any atom is 0.246 e. The SMILES string of the molecule is CCC1(CC)C(=O)NC(C)C(=O)N1Cc1ccc(Br)cc1. The molecule has 21 heavy (non-hydrogen) atoms. The van der Waals surface area contributed by atoms with Gasteiger partial charge in [-0.3, -0.25) is 9.59 Å². The number of nitrogens with one attached hydrogen (secondary N) is 1. The van der Waals surface area contributed by atoms with Crippen molar-refractivity contribution in [1.29, 1.82) is 0 Å². The van der Waals surface area contributed by atoms with Crippen molar-refractivity contribution in [2.24, 2.45) is 0 Å². The predicted molar refractivity (Wildman–Crippen MR) is 85.6 cm³/mol. The molecule has 1 unspecified atom stereocenters. The first-order chi connectivity index (χ1) is 9.94. The zero-order chi connectivity index (χ0) is 15.6. The number of amides is 2. The second-order valence-electron chi connectivity index (χ2n) is 5.48. The summed E-state index contributed by atoms with van der Waals surface area (Å²) >= 11 is 3.41. The van der Waals surface area contributed by atoms with Crippen molar-refractivity contribution in [2.75, 3.05) is 0 Å². The van der Waals surface area contributed by atoms with E-state index in [1.54, 1.807) is 11.8 Å². The number of rotatable bonds is 4. The smallest absolute Gasteiger partial charge is 0.246 e. The van der Waals surface area contributed by atoms with E-state index in [4.69, 9.17) is 0 Å². The van der Waals surface area contributed by atoms with Crippen molar-refractivity contribution < 1.29 is 9.59 Å². The van der Waals surface area contributed by atoms with Crippen LogP contribution in [0.1, 0.15) is 39.2 Å². The van der Waals surface area contributed by atoms with Crippen LogP contribution in [0.25, 0.3) is 0 Å². The van der Waals surface area contributed by atoms with Gasteiger partial charge in [0.1, 0.15) is 11.6 Å². The summed E-state index contributed by atoms with van der Waals surface area (Å²) in [5, 5.41) is 2.81. The van der Waals surface area contributed by atoms with Crippen LogP contribution < -0.4 is 5.32 Å². The molecule has 1 saturated heterocycles. The van der Waals surface area contributed by atoms with E-state index >= 15 is 0 Å². The summed E-state index contributed by atoms with van der Waals surface area (Å²) in [6.45, 7) is 6.12. The lowest BCUT2D eigenvalue weighted by Gasteiger charge is -2.47. The Morgan fingerprint density at radius 3 is 2.29 bits per heavy atom. The molecule has 1 atom stereocenters. The molecular weight excluding hydrogens is 332 g/mol. The predicted octanol–water partition coefficient (Wildman–Crippen LogP) is 2.85. The third kappa shape index (κ3) is 2.84. The number of nitrogens with zero attached hydrogens (tertiary/aromatic N) is 1. The molecule has 1 fully saturated rings. The molecule has 4 nitrogen and oxygen atoms in total. The van der Waals surface area contributed by atoms with Gasteiger partial charge in [0.05, 0.1) is 0 Å². The Morgan fingerprint density at radius 1 is 1.19 bits per heavy atom. The summed E-state index contributed by atoms with van der Waals surface area (Å²) in [4.78, 5) is 26.8. The quantitative estimate of drug-likeness (QED) is 0.905. The fourth-order valence-corrected chi connectivity index (χ4v) is 3.18. The average molecular weight is 353 g/mol. The van der Waals surface area contributed by atoms with E-state index in [1.165, 1.54) is 0 Å². The first-order valence-electron chi connectivity index (χ1n) is 7.31. The van der Waals surface area contributed by atoms with Crippen molar-refractivity contribution in [2.45, 2.75) is 51.7 Å². The Kier molecular flexibility index (Phi) is 4.71. The molecule has 0 spiro atoms. The van der Waals surface area contributed by atoms with E-state index in [0.29, 0.717) is 19.4 Å². The molecule has 1 heterocycles. The van der Waals surface area contributed by atoms with Crippen molar-refractivity contribution in [3.63, 3.8) is 0 Å². The second-order valence-corrected chi connectivity index (χ2v) is 6.40. The number of carbonyl (C=O) groups is 2. The lowest BCUT2D eigenvalue weighted by molar-refractivity contribution is -0.158. The molecule has 1 aliphatic rings. The molecule has 1 aliphatic heterocycles. The van der Waals surface area contributed by atoms with E-state index in [0.717, 1.165) is 10.0 Å². The minimum atomic E-state index is -0.739. The third-order valence-corrected chi connectivity index (χ3v) is 4.88. The van der Waals surface area contributed by atoms with Crippen LogP contribution >= 0.6 is 15.9 Å². The van der Waals surface area contributed by atoms with Crippen LogP contribution in [0.2, 0.25) is 0 Å². The van der Waals surface area contributed by atoms with Gasteiger partial charge in [-0.15, -0.1) is 0 Å². The van der Waals surface area contributed by atoms with Gasteiger partial charge in [-0.2, -0.15) is 0 Å². The zero-order valence-corrected chi connectivity index (χ0v) is 14.2. The zero-order valence-electron chi connectivity index (χ0n) is 12.6. The molecule has 114 valence electrons. The van der Waals surface area contributed by atoms with Crippen molar-refractivity contribution in [3.8, 4) is 0 Å². The lowest BCUT2D eigenvalue weighted by atomic mass is 9.85. The number of halogens is 1. The molecule has 2 rings (SSSR count). The van der Waals surface area contributed by atoms with Gasteiger partial charge in [-0.05, 0) is 37.5 Å². The number of benzene rings is 1. The molecule has 0 bridgehead atoms. The van der Waals surface area contributed by atoms with Gasteiger partial charge in [0, 0.05) is 11.0 Å². The Hall–Kier alpha value is -1.36. The topological polar surface area (TPSA) is 49.4 Å². The number of hydrogen-bond acceptors (Lipinski definition) is 2. The highest BCUT2D eigenvalue weighted by Crippen LogP contribution is 2.30. The first kappa shape index (κ1) is 16.0. The highest BCUT2D eigenvalue weighted by Gasteiger charge is 2.48. The Bertz CT molecular complexity index is 538. The Morgan fingerprint density at radius 2 is 1.76 bits per heavy atom. The van der Waals surface area contributed by atoms with E-state index in [-0.39, 0.29) is 11.8 Å². The summed E-state index contributed by atoms with van der Waals surface area (Å²) in [5.74, 6) is -0.0575. The minimum Gasteiger partial charge on any atom is -0.343 e. The van der Waals surface area contributed by atoms with Crippen LogP contribution in [0, 0.1) is 0 Å². The summed E-state index contributed by atoms with van der Waals surface area (Å²) < 4.78 is 1.000. The van der Waals surface area contributed by atoms with Crippen molar-refractivity contribution >= 4 is 27.7 Å². The van der Waals surface area contributed by atoms with Gasteiger partial charge < -0.3 is 10.2 Å². The van der Waals surface area contributed by atoms with Crippen molar-refractivity contribution in [3.05, 3.63) is 34.3 Å². The monoisotopic (exact) mass is 352 g/mol. The van der Waals surface area contributed by atoms with Crippen LogP contribution in [-0.2, 0) is 16.1 Å². The Labute approximate surface area is 134 Å². The molecule has 0 radical (unpaired) electrons. The molecule has 1 aromatic carbocycles. The van der Waals surface area contributed by atoms with Crippen LogP contribution in [0.5, 0.6) is 0 Å². The van der Waals surface area contributed by atoms with Crippen LogP contribution in [-0.4, -0.2) is 28.3 Å². The molecule has 0 saturated carbocycles. The molecule has 2 amide bonds. The van der Waals surface area contributed by atoms with E-state index in [2.05, 4.69) is 21.2 Å². The van der Waals surface area contributed by atoms with Crippen LogP contribution in [0.3, 0.4) is 0 Å². The first-order valence-corrected chi connectivity index (χ1v) is 8.10. The van der Waals surface area contributed by atoms with Gasteiger partial charge in [0.2, 0.25) is 11.8 Å². The highest BCUT2D eigenvalue weighted by atomic mass is 79.9. The maximum atomic E-state index is 12.6. The average Bonchev–Trinajstić information content (AvgIpc) is 2.48. The minimum absolute atomic E-state index is 0.0128. The highest BCUT2D eigenvalue weighted by molar-refractivity contribution is 9.10. The van der Waals surface area contributed by atoms with Crippen LogP contribution in [0.4, 0.5) is 0 Å².